The van der Waals surface area contributed by atoms with Crippen LogP contribution in [0.1, 0.15) is 41.7 Å². The number of carboxylic acids is 1. The maximum Gasteiger partial charge on any atom is 0.339 e. The summed E-state index contributed by atoms with van der Waals surface area (Å²) in [6, 6.07) is 0.420. The van der Waals surface area contributed by atoms with Crippen molar-refractivity contribution >= 4 is 5.97 Å². The summed E-state index contributed by atoms with van der Waals surface area (Å²) >= 11 is 0. The average Bonchev–Trinajstić information content (AvgIpc) is 2.84. The summed E-state index contributed by atoms with van der Waals surface area (Å²) in [5.74, 6) is -0.985. The van der Waals surface area contributed by atoms with Gasteiger partial charge >= 0.3 is 5.97 Å². The van der Waals surface area contributed by atoms with Gasteiger partial charge < -0.3 is 10.2 Å². The molecule has 0 radical (unpaired) electrons. The van der Waals surface area contributed by atoms with Gasteiger partial charge in [0.2, 0.25) is 0 Å². The van der Waals surface area contributed by atoms with E-state index in [9.17, 15) is 4.79 Å². The first kappa shape index (κ1) is 13.9. The highest BCUT2D eigenvalue weighted by atomic mass is 16.4. The number of aromatic nitrogens is 2. The molecule has 1 aromatic heterocycles. The quantitative estimate of drug-likeness (QED) is 0.795. The predicted molar refractivity (Wildman–Crippen MR) is 68.7 cm³/mol. The molecule has 1 aromatic rings. The number of rotatable bonds is 6. The number of hydrogen-bond donors (Lipinski definition) is 2. The van der Waals surface area contributed by atoms with Crippen LogP contribution in [0.3, 0.4) is 0 Å². The van der Waals surface area contributed by atoms with Gasteiger partial charge in [0.1, 0.15) is 11.9 Å². The summed E-state index contributed by atoms with van der Waals surface area (Å²) in [5.41, 5.74) is 0.744. The minimum Gasteiger partial charge on any atom is -0.478 e. The first-order valence-electron chi connectivity index (χ1n) is 6.59. The molecule has 6 heteroatoms. The molecule has 0 amide bonds. The third-order valence-electron chi connectivity index (χ3n) is 3.57. The SMILES string of the molecule is O=C(O)c1cncnc1CN1CCCC1CCCO. The van der Waals surface area contributed by atoms with Crippen LogP contribution in [0.5, 0.6) is 0 Å². The van der Waals surface area contributed by atoms with Crippen LogP contribution in [-0.2, 0) is 6.54 Å². The normalized spacial score (nSPS) is 19.7. The van der Waals surface area contributed by atoms with E-state index in [2.05, 4.69) is 14.9 Å². The molecule has 0 aliphatic carbocycles. The molecule has 6 nitrogen and oxygen atoms in total. The van der Waals surface area contributed by atoms with E-state index in [-0.39, 0.29) is 12.2 Å². The standard InChI is InChI=1S/C13H19N3O3/c17-6-2-4-10-3-1-5-16(10)8-12-11(13(18)19)7-14-9-15-12/h7,9-10,17H,1-6,8H2,(H,18,19). The number of aliphatic hydroxyl groups is 1. The highest BCUT2D eigenvalue weighted by molar-refractivity contribution is 5.88. The lowest BCUT2D eigenvalue weighted by atomic mass is 10.1. The van der Waals surface area contributed by atoms with Crippen molar-refractivity contribution in [1.29, 1.82) is 0 Å². The molecule has 19 heavy (non-hydrogen) atoms. The molecule has 1 saturated heterocycles. The second-order valence-electron chi connectivity index (χ2n) is 4.82. The van der Waals surface area contributed by atoms with Gasteiger partial charge in [-0.05, 0) is 32.2 Å². The fourth-order valence-electron chi connectivity index (χ4n) is 2.61. The summed E-state index contributed by atoms with van der Waals surface area (Å²) in [7, 11) is 0. The van der Waals surface area contributed by atoms with Gasteiger partial charge in [-0.25, -0.2) is 14.8 Å². The van der Waals surface area contributed by atoms with Crippen LogP contribution < -0.4 is 0 Å². The zero-order valence-electron chi connectivity index (χ0n) is 10.8. The van der Waals surface area contributed by atoms with E-state index < -0.39 is 5.97 Å². The molecular weight excluding hydrogens is 246 g/mol. The molecule has 104 valence electrons. The summed E-state index contributed by atoms with van der Waals surface area (Å²) in [4.78, 5) is 21.2. The molecule has 0 aromatic carbocycles. The molecule has 1 fully saturated rings. The number of carbonyl (C=O) groups is 1. The number of aromatic carboxylic acids is 1. The highest BCUT2D eigenvalue weighted by Gasteiger charge is 2.25. The molecule has 0 bridgehead atoms. The van der Waals surface area contributed by atoms with Crippen molar-refractivity contribution in [2.75, 3.05) is 13.2 Å². The smallest absolute Gasteiger partial charge is 0.339 e. The Morgan fingerprint density at radius 1 is 1.53 bits per heavy atom. The topological polar surface area (TPSA) is 86.5 Å². The number of hydrogen-bond acceptors (Lipinski definition) is 5. The molecule has 0 saturated carbocycles. The number of nitrogens with zero attached hydrogens (tertiary/aromatic N) is 3. The minimum absolute atomic E-state index is 0.176. The van der Waals surface area contributed by atoms with Crippen LogP contribution >= 0.6 is 0 Å². The Labute approximate surface area is 112 Å². The Bertz CT molecular complexity index is 439. The number of aliphatic hydroxyl groups excluding tert-OH is 1. The van der Waals surface area contributed by atoms with Crippen molar-refractivity contribution in [2.24, 2.45) is 0 Å². The molecule has 1 atom stereocenters. The summed E-state index contributed by atoms with van der Waals surface area (Å²) < 4.78 is 0. The van der Waals surface area contributed by atoms with Gasteiger partial charge in [-0.2, -0.15) is 0 Å². The molecule has 1 unspecified atom stereocenters. The van der Waals surface area contributed by atoms with Crippen molar-refractivity contribution in [2.45, 2.75) is 38.3 Å². The lowest BCUT2D eigenvalue weighted by Gasteiger charge is -2.24. The Kier molecular flexibility index (Phi) is 4.81. The van der Waals surface area contributed by atoms with Gasteiger partial charge in [0, 0.05) is 25.4 Å². The van der Waals surface area contributed by atoms with E-state index in [0.717, 1.165) is 32.2 Å². The fourth-order valence-corrected chi connectivity index (χ4v) is 2.61. The fraction of sp³-hybridized carbons (Fsp3) is 0.615. The molecule has 1 aliphatic heterocycles. The van der Waals surface area contributed by atoms with Crippen molar-refractivity contribution in [1.82, 2.24) is 14.9 Å². The average molecular weight is 265 g/mol. The van der Waals surface area contributed by atoms with Crippen LogP contribution in [0, 0.1) is 0 Å². The van der Waals surface area contributed by atoms with Gasteiger partial charge in [-0.3, -0.25) is 4.90 Å². The third-order valence-corrected chi connectivity index (χ3v) is 3.57. The van der Waals surface area contributed by atoms with E-state index in [4.69, 9.17) is 10.2 Å². The van der Waals surface area contributed by atoms with E-state index >= 15 is 0 Å². The van der Waals surface area contributed by atoms with Crippen molar-refractivity contribution in [3.05, 3.63) is 23.8 Å². The van der Waals surface area contributed by atoms with Gasteiger partial charge in [-0.1, -0.05) is 0 Å². The molecule has 2 N–H and O–H groups in total. The predicted octanol–water partition coefficient (Wildman–Crippen LogP) is 0.912. The lowest BCUT2D eigenvalue weighted by Crippen LogP contribution is -2.30. The third kappa shape index (κ3) is 3.48. The Morgan fingerprint density at radius 3 is 3.11 bits per heavy atom. The summed E-state index contributed by atoms with van der Waals surface area (Å²) in [6.07, 6.45) is 6.70. The van der Waals surface area contributed by atoms with Crippen LogP contribution in [0.15, 0.2) is 12.5 Å². The maximum absolute atomic E-state index is 11.1. The van der Waals surface area contributed by atoms with E-state index in [0.29, 0.717) is 18.3 Å². The second kappa shape index (κ2) is 6.58. The molecule has 0 spiro atoms. The highest BCUT2D eigenvalue weighted by Crippen LogP contribution is 2.23. The Balaban J connectivity index is 2.05. The van der Waals surface area contributed by atoms with E-state index in [1.54, 1.807) is 0 Å². The zero-order valence-corrected chi connectivity index (χ0v) is 10.8. The van der Waals surface area contributed by atoms with Gasteiger partial charge in [0.25, 0.3) is 0 Å². The number of carboxylic acid groups (broad SMARTS) is 1. The summed E-state index contributed by atoms with van der Waals surface area (Å²) in [5, 5.41) is 18.0. The molecular formula is C13H19N3O3. The van der Waals surface area contributed by atoms with E-state index in [1.807, 2.05) is 0 Å². The zero-order chi connectivity index (χ0) is 13.7. The molecule has 2 heterocycles. The summed E-state index contributed by atoms with van der Waals surface area (Å²) in [6.45, 7) is 1.71. The second-order valence-corrected chi connectivity index (χ2v) is 4.82. The van der Waals surface area contributed by atoms with Crippen LogP contribution in [0.4, 0.5) is 0 Å². The molecule has 1 aliphatic rings. The van der Waals surface area contributed by atoms with Crippen LogP contribution in [-0.4, -0.2) is 50.2 Å². The number of likely N-dealkylation sites (tertiary alicyclic amines) is 1. The van der Waals surface area contributed by atoms with Crippen molar-refractivity contribution in [3.8, 4) is 0 Å². The van der Waals surface area contributed by atoms with Crippen LogP contribution in [0.25, 0.3) is 0 Å². The Hall–Kier alpha value is -1.53. The Morgan fingerprint density at radius 2 is 2.37 bits per heavy atom. The lowest BCUT2D eigenvalue weighted by molar-refractivity contribution is 0.0692. The first-order chi connectivity index (χ1) is 9.22. The largest absolute Gasteiger partial charge is 0.478 e. The maximum atomic E-state index is 11.1. The molecule has 2 rings (SSSR count). The van der Waals surface area contributed by atoms with E-state index in [1.165, 1.54) is 12.5 Å². The van der Waals surface area contributed by atoms with Gasteiger partial charge in [0.15, 0.2) is 0 Å². The van der Waals surface area contributed by atoms with Crippen LogP contribution in [0.2, 0.25) is 0 Å². The van der Waals surface area contributed by atoms with Crippen molar-refractivity contribution < 1.29 is 15.0 Å². The first-order valence-corrected chi connectivity index (χ1v) is 6.59. The van der Waals surface area contributed by atoms with Gasteiger partial charge in [0.05, 0.1) is 5.69 Å². The minimum atomic E-state index is -0.985. The van der Waals surface area contributed by atoms with Crippen molar-refractivity contribution in [3.63, 3.8) is 0 Å². The van der Waals surface area contributed by atoms with Gasteiger partial charge in [-0.15, -0.1) is 0 Å². The monoisotopic (exact) mass is 265 g/mol.